The molecule has 2 aliphatic rings. The quantitative estimate of drug-likeness (QED) is 0.797. The molecule has 5 nitrogen and oxygen atoms in total. The van der Waals surface area contributed by atoms with Gasteiger partial charge in [0.1, 0.15) is 0 Å². The highest BCUT2D eigenvalue weighted by Gasteiger charge is 2.29. The second-order valence-electron chi connectivity index (χ2n) is 5.86. The van der Waals surface area contributed by atoms with Crippen LogP contribution in [0.15, 0.2) is 24.3 Å². The molecule has 0 bridgehead atoms. The maximum absolute atomic E-state index is 12.2. The zero-order chi connectivity index (χ0) is 14.7. The predicted molar refractivity (Wildman–Crippen MR) is 89.3 cm³/mol. The molecule has 1 saturated heterocycles. The summed E-state index contributed by atoms with van der Waals surface area (Å²) >= 11 is 0. The Kier molecular flexibility index (Phi) is 5.80. The van der Waals surface area contributed by atoms with Crippen LogP contribution in [0.5, 0.6) is 0 Å². The van der Waals surface area contributed by atoms with Gasteiger partial charge in [-0.3, -0.25) is 9.59 Å². The molecular weight excluding hydrogens is 302 g/mol. The molecule has 22 heavy (non-hydrogen) atoms. The normalized spacial score (nSPS) is 18.2. The number of hydrogen-bond donors (Lipinski definition) is 3. The lowest BCUT2D eigenvalue weighted by atomic mass is 9.97. The van der Waals surface area contributed by atoms with Crippen molar-refractivity contribution < 1.29 is 9.59 Å². The van der Waals surface area contributed by atoms with Crippen molar-refractivity contribution in [3.8, 4) is 0 Å². The zero-order valence-corrected chi connectivity index (χ0v) is 13.2. The molecule has 0 spiro atoms. The van der Waals surface area contributed by atoms with Crippen LogP contribution >= 0.6 is 12.4 Å². The molecule has 3 N–H and O–H groups in total. The summed E-state index contributed by atoms with van der Waals surface area (Å²) in [5.41, 5.74) is 1.49. The summed E-state index contributed by atoms with van der Waals surface area (Å²) in [6.45, 7) is 1.80. The average Bonchev–Trinajstić information content (AvgIpc) is 3.33. The van der Waals surface area contributed by atoms with Crippen LogP contribution in [0, 0.1) is 11.8 Å². The summed E-state index contributed by atoms with van der Waals surface area (Å²) in [5.74, 6) is 0.410. The van der Waals surface area contributed by atoms with E-state index in [1.807, 2.05) is 24.3 Å². The highest BCUT2D eigenvalue weighted by molar-refractivity contribution is 5.96. The molecule has 0 unspecified atom stereocenters. The van der Waals surface area contributed by atoms with E-state index in [9.17, 15) is 9.59 Å². The standard InChI is InChI=1S/C16H21N3O2.ClH/c20-15(11-4-5-11)18-13-2-1-3-14(10-13)19-16(21)12-6-8-17-9-7-12;/h1-3,10-12,17H,4-9H2,(H,18,20)(H,19,21);1H. The fourth-order valence-corrected chi connectivity index (χ4v) is 2.59. The minimum Gasteiger partial charge on any atom is -0.326 e. The lowest BCUT2D eigenvalue weighted by Gasteiger charge is -2.21. The number of carbonyl (C=O) groups excluding carboxylic acids is 2. The molecule has 0 radical (unpaired) electrons. The van der Waals surface area contributed by atoms with Gasteiger partial charge in [0.15, 0.2) is 0 Å². The molecule has 1 aliphatic heterocycles. The van der Waals surface area contributed by atoms with Crippen molar-refractivity contribution in [2.75, 3.05) is 23.7 Å². The zero-order valence-electron chi connectivity index (χ0n) is 12.4. The first-order valence-corrected chi connectivity index (χ1v) is 7.65. The van der Waals surface area contributed by atoms with Crippen LogP contribution in [0.4, 0.5) is 11.4 Å². The van der Waals surface area contributed by atoms with E-state index in [1.54, 1.807) is 0 Å². The first-order chi connectivity index (χ1) is 10.2. The monoisotopic (exact) mass is 323 g/mol. The van der Waals surface area contributed by atoms with Crippen molar-refractivity contribution >= 4 is 35.6 Å². The number of rotatable bonds is 4. The van der Waals surface area contributed by atoms with Crippen molar-refractivity contribution in [1.29, 1.82) is 0 Å². The summed E-state index contributed by atoms with van der Waals surface area (Å²) in [6, 6.07) is 7.37. The summed E-state index contributed by atoms with van der Waals surface area (Å²) in [6.07, 6.45) is 3.73. The van der Waals surface area contributed by atoms with E-state index in [1.165, 1.54) is 0 Å². The average molecular weight is 324 g/mol. The first-order valence-electron chi connectivity index (χ1n) is 7.65. The van der Waals surface area contributed by atoms with Crippen LogP contribution in [-0.2, 0) is 9.59 Å². The third kappa shape index (κ3) is 4.45. The Morgan fingerprint density at radius 1 is 0.909 bits per heavy atom. The van der Waals surface area contributed by atoms with Crippen LogP contribution in [-0.4, -0.2) is 24.9 Å². The number of halogens is 1. The van der Waals surface area contributed by atoms with E-state index in [-0.39, 0.29) is 36.1 Å². The molecular formula is C16H22ClN3O2. The highest BCUT2D eigenvalue weighted by atomic mass is 35.5. The summed E-state index contributed by atoms with van der Waals surface area (Å²) in [4.78, 5) is 23.9. The van der Waals surface area contributed by atoms with Gasteiger partial charge >= 0.3 is 0 Å². The molecule has 1 aromatic carbocycles. The second-order valence-corrected chi connectivity index (χ2v) is 5.86. The number of piperidine rings is 1. The number of nitrogens with one attached hydrogen (secondary N) is 3. The Hall–Kier alpha value is -1.59. The van der Waals surface area contributed by atoms with Gasteiger partial charge in [-0.25, -0.2) is 0 Å². The Balaban J connectivity index is 0.00000176. The number of hydrogen-bond acceptors (Lipinski definition) is 3. The minimum atomic E-state index is 0. The van der Waals surface area contributed by atoms with Crippen LogP contribution in [0.25, 0.3) is 0 Å². The maximum Gasteiger partial charge on any atom is 0.227 e. The predicted octanol–water partition coefficient (Wildman–Crippen LogP) is 2.40. The smallest absolute Gasteiger partial charge is 0.227 e. The van der Waals surface area contributed by atoms with Gasteiger partial charge in [-0.05, 0) is 57.0 Å². The van der Waals surface area contributed by atoms with Gasteiger partial charge in [-0.1, -0.05) is 6.07 Å². The van der Waals surface area contributed by atoms with Crippen molar-refractivity contribution in [1.82, 2.24) is 5.32 Å². The van der Waals surface area contributed by atoms with Crippen molar-refractivity contribution in [2.24, 2.45) is 11.8 Å². The molecule has 0 aromatic heterocycles. The van der Waals surface area contributed by atoms with Crippen molar-refractivity contribution in [3.05, 3.63) is 24.3 Å². The molecule has 1 aromatic rings. The molecule has 2 amide bonds. The van der Waals surface area contributed by atoms with Gasteiger partial charge in [0, 0.05) is 23.2 Å². The molecule has 2 fully saturated rings. The van der Waals surface area contributed by atoms with Gasteiger partial charge in [0.05, 0.1) is 0 Å². The Labute approximate surface area is 136 Å². The molecule has 120 valence electrons. The van der Waals surface area contributed by atoms with Crippen molar-refractivity contribution in [2.45, 2.75) is 25.7 Å². The summed E-state index contributed by atoms with van der Waals surface area (Å²) in [7, 11) is 0. The lowest BCUT2D eigenvalue weighted by molar-refractivity contribution is -0.120. The van der Waals surface area contributed by atoms with E-state index in [0.717, 1.165) is 50.1 Å². The topological polar surface area (TPSA) is 70.2 Å². The Morgan fingerprint density at radius 2 is 1.41 bits per heavy atom. The molecule has 1 aliphatic carbocycles. The fraction of sp³-hybridized carbons (Fsp3) is 0.500. The van der Waals surface area contributed by atoms with Gasteiger partial charge in [-0.15, -0.1) is 12.4 Å². The van der Waals surface area contributed by atoms with E-state index >= 15 is 0 Å². The van der Waals surface area contributed by atoms with Crippen LogP contribution in [0.1, 0.15) is 25.7 Å². The van der Waals surface area contributed by atoms with Gasteiger partial charge in [0.2, 0.25) is 11.8 Å². The number of benzene rings is 1. The molecule has 3 rings (SSSR count). The molecule has 1 heterocycles. The maximum atomic E-state index is 12.2. The molecule has 1 saturated carbocycles. The van der Waals surface area contributed by atoms with Gasteiger partial charge in [-0.2, -0.15) is 0 Å². The largest absolute Gasteiger partial charge is 0.326 e. The third-order valence-corrected chi connectivity index (χ3v) is 4.06. The first kappa shape index (κ1) is 16.8. The van der Waals surface area contributed by atoms with Gasteiger partial charge < -0.3 is 16.0 Å². The minimum absolute atomic E-state index is 0. The van der Waals surface area contributed by atoms with E-state index < -0.39 is 0 Å². The van der Waals surface area contributed by atoms with E-state index in [4.69, 9.17) is 0 Å². The van der Waals surface area contributed by atoms with Crippen LogP contribution in [0.3, 0.4) is 0 Å². The third-order valence-electron chi connectivity index (χ3n) is 4.06. The number of carbonyl (C=O) groups is 2. The van der Waals surface area contributed by atoms with Crippen LogP contribution in [0.2, 0.25) is 0 Å². The lowest BCUT2D eigenvalue weighted by Crippen LogP contribution is -2.34. The molecule has 0 atom stereocenters. The number of amides is 2. The van der Waals surface area contributed by atoms with Crippen LogP contribution < -0.4 is 16.0 Å². The fourth-order valence-electron chi connectivity index (χ4n) is 2.59. The van der Waals surface area contributed by atoms with Crippen molar-refractivity contribution in [3.63, 3.8) is 0 Å². The van der Waals surface area contributed by atoms with E-state index in [0.29, 0.717) is 0 Å². The Morgan fingerprint density at radius 3 is 1.91 bits per heavy atom. The van der Waals surface area contributed by atoms with E-state index in [2.05, 4.69) is 16.0 Å². The highest BCUT2D eigenvalue weighted by Crippen LogP contribution is 2.30. The molecule has 6 heteroatoms. The summed E-state index contributed by atoms with van der Waals surface area (Å²) in [5, 5.41) is 9.10. The SMILES string of the molecule is Cl.O=C(Nc1cccc(NC(=O)C2CC2)c1)C1CCNCC1. The summed E-state index contributed by atoms with van der Waals surface area (Å²) < 4.78 is 0. The Bertz CT molecular complexity index is 540. The van der Waals surface area contributed by atoms with Gasteiger partial charge in [0.25, 0.3) is 0 Å². The second kappa shape index (κ2) is 7.61. The number of anilines is 2.